The van der Waals surface area contributed by atoms with Gasteiger partial charge in [-0.1, -0.05) is 11.3 Å². The first-order valence-electron chi connectivity index (χ1n) is 2.66. The number of nitrogens with one attached hydrogen (secondary N) is 2. The molecule has 0 unspecified atom stereocenters. The summed E-state index contributed by atoms with van der Waals surface area (Å²) in [4.78, 5) is 15.6. The Morgan fingerprint density at radius 3 is 3.00 bits per heavy atom. The second kappa shape index (κ2) is 1.63. The molecule has 0 aromatic carbocycles. The van der Waals surface area contributed by atoms with E-state index in [1.165, 1.54) is 6.07 Å². The van der Waals surface area contributed by atoms with Gasteiger partial charge in [-0.25, -0.2) is 0 Å². The van der Waals surface area contributed by atoms with E-state index >= 15 is 0 Å². The van der Waals surface area contributed by atoms with Gasteiger partial charge in [-0.15, -0.1) is 0 Å². The molecule has 2 aromatic heterocycles. The molecule has 0 aliphatic heterocycles. The van der Waals surface area contributed by atoms with Crippen molar-refractivity contribution in [3.63, 3.8) is 0 Å². The van der Waals surface area contributed by atoms with Crippen LogP contribution in [0.1, 0.15) is 0 Å². The van der Waals surface area contributed by atoms with Crippen LogP contribution < -0.4 is 4.87 Å². The molecule has 52 valence electrons. The van der Waals surface area contributed by atoms with Crippen molar-refractivity contribution >= 4 is 21.7 Å². The lowest BCUT2D eigenvalue weighted by Gasteiger charge is -1.75. The number of H-pyrrole nitrogens is 2. The number of aromatic hydroxyl groups is 1. The van der Waals surface area contributed by atoms with E-state index in [0.717, 1.165) is 16.0 Å². The van der Waals surface area contributed by atoms with Crippen LogP contribution in [0.25, 0.3) is 10.3 Å². The van der Waals surface area contributed by atoms with Gasteiger partial charge in [0.1, 0.15) is 5.65 Å². The molecule has 0 bridgehead atoms. The van der Waals surface area contributed by atoms with Gasteiger partial charge < -0.3 is 10.1 Å². The topological polar surface area (TPSA) is 68.9 Å². The van der Waals surface area contributed by atoms with Gasteiger partial charge >= 0.3 is 4.87 Å². The van der Waals surface area contributed by atoms with Gasteiger partial charge in [-0.05, 0) is 0 Å². The normalized spacial score (nSPS) is 10.8. The molecule has 0 aliphatic carbocycles. The third kappa shape index (κ3) is 0.640. The predicted molar refractivity (Wildman–Crippen MR) is 38.5 cm³/mol. The first-order valence-corrected chi connectivity index (χ1v) is 3.48. The van der Waals surface area contributed by atoms with E-state index in [-0.39, 0.29) is 10.8 Å². The fourth-order valence-corrected chi connectivity index (χ4v) is 1.55. The van der Waals surface area contributed by atoms with Crippen molar-refractivity contribution in [2.75, 3.05) is 0 Å². The maximum Gasteiger partial charge on any atom is 0.306 e. The monoisotopic (exact) mass is 156 g/mol. The highest BCUT2D eigenvalue weighted by molar-refractivity contribution is 7.16. The van der Waals surface area contributed by atoms with E-state index in [1.807, 2.05) is 0 Å². The molecule has 3 N–H and O–H groups in total. The van der Waals surface area contributed by atoms with Gasteiger partial charge in [0.2, 0.25) is 0 Å². The Morgan fingerprint density at radius 2 is 2.30 bits per heavy atom. The second-order valence-electron chi connectivity index (χ2n) is 1.91. The van der Waals surface area contributed by atoms with Gasteiger partial charge in [0.25, 0.3) is 0 Å². The summed E-state index contributed by atoms with van der Waals surface area (Å²) in [7, 11) is 0. The molecule has 2 heterocycles. The maximum atomic E-state index is 10.6. The zero-order valence-electron chi connectivity index (χ0n) is 4.84. The van der Waals surface area contributed by atoms with Gasteiger partial charge in [0, 0.05) is 6.07 Å². The summed E-state index contributed by atoms with van der Waals surface area (Å²) in [6, 6.07) is 1.51. The number of thiazole rings is 1. The first-order chi connectivity index (χ1) is 4.75. The predicted octanol–water partition coefficient (Wildman–Crippen LogP) is 0.623. The lowest BCUT2D eigenvalue weighted by molar-refractivity contribution is 0.458. The van der Waals surface area contributed by atoms with Crippen molar-refractivity contribution in [2.24, 2.45) is 0 Å². The van der Waals surface area contributed by atoms with E-state index in [0.29, 0.717) is 5.65 Å². The van der Waals surface area contributed by atoms with E-state index < -0.39 is 0 Å². The van der Waals surface area contributed by atoms with E-state index in [4.69, 9.17) is 5.11 Å². The van der Waals surface area contributed by atoms with Crippen molar-refractivity contribution in [3.8, 4) is 5.88 Å². The minimum Gasteiger partial charge on any atom is -0.495 e. The number of aromatic nitrogens is 2. The molecule has 0 aliphatic rings. The standard InChI is InChI=1S/C5H4N2O2S/c8-3-1-2-4(6-3)7-5(9)10-2/h1,6,8H,(H,7,9). The molecular formula is C5H4N2O2S. The molecule has 0 radical (unpaired) electrons. The van der Waals surface area contributed by atoms with E-state index in [2.05, 4.69) is 9.97 Å². The summed E-state index contributed by atoms with van der Waals surface area (Å²) in [5, 5.41) is 8.86. The third-order valence-electron chi connectivity index (χ3n) is 1.20. The summed E-state index contributed by atoms with van der Waals surface area (Å²) in [5.41, 5.74) is 0.590. The molecule has 0 saturated heterocycles. The summed E-state index contributed by atoms with van der Waals surface area (Å²) in [6.07, 6.45) is 0. The molecule has 10 heavy (non-hydrogen) atoms. The Labute approximate surface area is 59.1 Å². The number of fused-ring (bicyclic) bond motifs is 1. The minimum absolute atomic E-state index is 0.0810. The molecule has 0 saturated carbocycles. The van der Waals surface area contributed by atoms with Crippen LogP contribution >= 0.6 is 11.3 Å². The fourth-order valence-electron chi connectivity index (χ4n) is 0.823. The molecule has 0 atom stereocenters. The fraction of sp³-hybridized carbons (Fsp3) is 0. The number of rotatable bonds is 0. The van der Waals surface area contributed by atoms with Crippen molar-refractivity contribution in [2.45, 2.75) is 0 Å². The van der Waals surface area contributed by atoms with E-state index in [1.54, 1.807) is 0 Å². The summed E-state index contributed by atoms with van der Waals surface area (Å²) < 4.78 is 0.752. The Morgan fingerprint density at radius 1 is 1.50 bits per heavy atom. The lowest BCUT2D eigenvalue weighted by atomic mass is 10.6. The Bertz CT molecular complexity index is 376. The molecule has 2 aromatic rings. The first kappa shape index (κ1) is 5.55. The van der Waals surface area contributed by atoms with Crippen LogP contribution in [-0.4, -0.2) is 15.1 Å². The molecule has 0 spiro atoms. The Hall–Kier alpha value is -1.23. The summed E-state index contributed by atoms with van der Waals surface area (Å²) in [5.74, 6) is 0.0810. The molecular weight excluding hydrogens is 152 g/mol. The van der Waals surface area contributed by atoms with Gasteiger partial charge in [-0.3, -0.25) is 9.78 Å². The van der Waals surface area contributed by atoms with Crippen molar-refractivity contribution in [1.29, 1.82) is 0 Å². The molecule has 0 amide bonds. The van der Waals surface area contributed by atoms with Crippen LogP contribution in [0.15, 0.2) is 10.9 Å². The Balaban J connectivity index is 2.95. The number of aromatic amines is 2. The quantitative estimate of drug-likeness (QED) is 0.523. The number of hydrogen-bond donors (Lipinski definition) is 3. The van der Waals surface area contributed by atoms with Gasteiger partial charge in [0.05, 0.1) is 4.70 Å². The van der Waals surface area contributed by atoms with Crippen molar-refractivity contribution in [1.82, 2.24) is 9.97 Å². The zero-order chi connectivity index (χ0) is 7.14. The Kier molecular flexibility index (Phi) is 0.906. The average Bonchev–Trinajstić information content (AvgIpc) is 2.21. The van der Waals surface area contributed by atoms with Crippen LogP contribution in [0.3, 0.4) is 0 Å². The van der Waals surface area contributed by atoms with E-state index in [9.17, 15) is 4.79 Å². The second-order valence-corrected chi connectivity index (χ2v) is 2.92. The van der Waals surface area contributed by atoms with Crippen LogP contribution in [0.4, 0.5) is 0 Å². The lowest BCUT2D eigenvalue weighted by Crippen LogP contribution is -1.90. The smallest absolute Gasteiger partial charge is 0.306 e. The van der Waals surface area contributed by atoms with Crippen LogP contribution in [-0.2, 0) is 0 Å². The van der Waals surface area contributed by atoms with Crippen molar-refractivity contribution in [3.05, 3.63) is 15.7 Å². The molecule has 5 heteroatoms. The van der Waals surface area contributed by atoms with Gasteiger partial charge in [0.15, 0.2) is 5.88 Å². The zero-order valence-corrected chi connectivity index (χ0v) is 5.66. The number of hydrogen-bond acceptors (Lipinski definition) is 3. The maximum absolute atomic E-state index is 10.6. The van der Waals surface area contributed by atoms with Crippen LogP contribution in [0, 0.1) is 0 Å². The molecule has 2 rings (SSSR count). The summed E-state index contributed by atoms with van der Waals surface area (Å²) >= 11 is 1.07. The average molecular weight is 156 g/mol. The third-order valence-corrected chi connectivity index (χ3v) is 2.03. The van der Waals surface area contributed by atoms with Crippen LogP contribution in [0.5, 0.6) is 5.88 Å². The molecule has 0 fully saturated rings. The van der Waals surface area contributed by atoms with Crippen LogP contribution in [0.2, 0.25) is 0 Å². The minimum atomic E-state index is -0.110. The SMILES string of the molecule is O=c1[nH]c2[nH]c(O)cc2s1. The highest BCUT2D eigenvalue weighted by Gasteiger charge is 2.01. The van der Waals surface area contributed by atoms with Gasteiger partial charge in [-0.2, -0.15) is 0 Å². The highest BCUT2D eigenvalue weighted by Crippen LogP contribution is 2.18. The summed E-state index contributed by atoms with van der Waals surface area (Å²) in [6.45, 7) is 0. The largest absolute Gasteiger partial charge is 0.495 e. The van der Waals surface area contributed by atoms with Crippen molar-refractivity contribution < 1.29 is 5.11 Å². The molecule has 4 nitrogen and oxygen atoms in total. The highest BCUT2D eigenvalue weighted by atomic mass is 32.1.